The highest BCUT2D eigenvalue weighted by Gasteiger charge is 2.18. The van der Waals surface area contributed by atoms with Crippen LogP contribution in [0.4, 0.5) is 5.69 Å². The topological polar surface area (TPSA) is 28.2 Å². The van der Waals surface area contributed by atoms with Crippen molar-refractivity contribution in [3.8, 4) is 0 Å². The van der Waals surface area contributed by atoms with Crippen molar-refractivity contribution in [2.45, 2.75) is 45.6 Å². The number of nitrogens with one attached hydrogen (secondary N) is 1. The van der Waals surface area contributed by atoms with Crippen molar-refractivity contribution in [1.29, 1.82) is 0 Å². The number of anilines is 1. The summed E-state index contributed by atoms with van der Waals surface area (Å²) in [6.07, 6.45) is 6.66. The van der Waals surface area contributed by atoms with Gasteiger partial charge in [0.25, 0.3) is 0 Å². The van der Waals surface area contributed by atoms with Gasteiger partial charge in [0.15, 0.2) is 5.15 Å². The first-order valence-electron chi connectivity index (χ1n) is 7.30. The maximum Gasteiger partial charge on any atom is 0.152 e. The van der Waals surface area contributed by atoms with Gasteiger partial charge in [-0.2, -0.15) is 0 Å². The number of nitrogens with zero attached hydrogens (tertiary/aromatic N) is 2. The Bertz CT molecular complexity index is 388. The molecule has 2 heterocycles. The largest absolute Gasteiger partial charge is 0.380 e. The first-order chi connectivity index (χ1) is 9.20. The molecule has 1 unspecified atom stereocenters. The third-order valence-corrected chi connectivity index (χ3v) is 4.11. The summed E-state index contributed by atoms with van der Waals surface area (Å²) in [7, 11) is 0. The molecule has 0 aromatic carbocycles. The van der Waals surface area contributed by atoms with E-state index in [4.69, 9.17) is 11.6 Å². The molecule has 1 atom stereocenters. The van der Waals surface area contributed by atoms with Crippen molar-refractivity contribution in [2.75, 3.05) is 25.0 Å². The predicted octanol–water partition coefficient (Wildman–Crippen LogP) is 3.72. The summed E-state index contributed by atoms with van der Waals surface area (Å²) in [5, 5.41) is 4.19. The van der Waals surface area contributed by atoms with Crippen LogP contribution >= 0.6 is 11.6 Å². The van der Waals surface area contributed by atoms with Crippen molar-refractivity contribution in [1.82, 2.24) is 9.88 Å². The summed E-state index contributed by atoms with van der Waals surface area (Å²) in [4.78, 5) is 6.73. The number of pyridine rings is 1. The number of hydrogen-bond acceptors (Lipinski definition) is 3. The van der Waals surface area contributed by atoms with Crippen molar-refractivity contribution in [3.63, 3.8) is 0 Å². The van der Waals surface area contributed by atoms with Gasteiger partial charge in [0, 0.05) is 18.8 Å². The minimum atomic E-state index is 0.516. The molecule has 1 saturated heterocycles. The summed E-state index contributed by atoms with van der Waals surface area (Å²) >= 11 is 6.18. The standard InChI is InChI=1S/C15H24ClN3/c1-3-9-19-10-4-5-13(7-11-19)18-14-12(2)6-8-17-15(14)16/h6,8,13,18H,3-5,7,9-11H2,1-2H3. The van der Waals surface area contributed by atoms with Crippen LogP contribution in [0.5, 0.6) is 0 Å². The van der Waals surface area contributed by atoms with Crippen LogP contribution in [0.3, 0.4) is 0 Å². The van der Waals surface area contributed by atoms with Gasteiger partial charge in [0.05, 0.1) is 5.69 Å². The van der Waals surface area contributed by atoms with Gasteiger partial charge < -0.3 is 10.2 Å². The van der Waals surface area contributed by atoms with E-state index in [1.54, 1.807) is 6.20 Å². The molecule has 0 radical (unpaired) electrons. The van der Waals surface area contributed by atoms with E-state index in [9.17, 15) is 0 Å². The first kappa shape index (κ1) is 14.6. The lowest BCUT2D eigenvalue weighted by Gasteiger charge is -2.21. The molecule has 19 heavy (non-hydrogen) atoms. The quantitative estimate of drug-likeness (QED) is 0.853. The Hall–Kier alpha value is -0.800. The summed E-state index contributed by atoms with van der Waals surface area (Å²) in [6.45, 7) is 7.96. The van der Waals surface area contributed by atoms with Crippen LogP contribution in [0.25, 0.3) is 0 Å². The highest BCUT2D eigenvalue weighted by atomic mass is 35.5. The Morgan fingerprint density at radius 3 is 3.00 bits per heavy atom. The van der Waals surface area contributed by atoms with Gasteiger partial charge in [-0.15, -0.1) is 0 Å². The number of hydrogen-bond donors (Lipinski definition) is 1. The van der Waals surface area contributed by atoms with Gasteiger partial charge in [-0.3, -0.25) is 0 Å². The molecule has 2 rings (SSSR count). The molecule has 4 heteroatoms. The molecule has 0 aliphatic carbocycles. The second kappa shape index (κ2) is 7.11. The van der Waals surface area contributed by atoms with Crippen molar-refractivity contribution >= 4 is 17.3 Å². The minimum Gasteiger partial charge on any atom is -0.380 e. The number of rotatable bonds is 4. The molecular formula is C15H24ClN3. The molecule has 0 saturated carbocycles. The number of likely N-dealkylation sites (tertiary alicyclic amines) is 1. The fraction of sp³-hybridized carbons (Fsp3) is 0.667. The molecule has 1 aromatic rings. The lowest BCUT2D eigenvalue weighted by Crippen LogP contribution is -2.27. The molecule has 0 spiro atoms. The molecule has 0 amide bonds. The Morgan fingerprint density at radius 2 is 2.26 bits per heavy atom. The van der Waals surface area contributed by atoms with E-state index < -0.39 is 0 Å². The summed E-state index contributed by atoms with van der Waals surface area (Å²) in [6, 6.07) is 2.52. The molecule has 3 nitrogen and oxygen atoms in total. The molecule has 106 valence electrons. The molecule has 1 aromatic heterocycles. The predicted molar refractivity (Wildman–Crippen MR) is 82.0 cm³/mol. The van der Waals surface area contributed by atoms with E-state index >= 15 is 0 Å². The van der Waals surface area contributed by atoms with E-state index in [-0.39, 0.29) is 0 Å². The molecule has 1 N–H and O–H groups in total. The van der Waals surface area contributed by atoms with E-state index in [0.717, 1.165) is 5.69 Å². The normalized spacial score (nSPS) is 21.1. The highest BCUT2D eigenvalue weighted by Crippen LogP contribution is 2.25. The molecule has 1 aliphatic heterocycles. The number of aromatic nitrogens is 1. The average molecular weight is 282 g/mol. The van der Waals surface area contributed by atoms with E-state index in [2.05, 4.69) is 29.0 Å². The lowest BCUT2D eigenvalue weighted by molar-refractivity contribution is 0.285. The second-order valence-corrected chi connectivity index (χ2v) is 5.77. The van der Waals surface area contributed by atoms with Crippen LogP contribution in [-0.2, 0) is 0 Å². The average Bonchev–Trinajstić information content (AvgIpc) is 2.60. The maximum absolute atomic E-state index is 6.18. The van der Waals surface area contributed by atoms with Gasteiger partial charge >= 0.3 is 0 Å². The lowest BCUT2D eigenvalue weighted by atomic mass is 10.1. The zero-order valence-electron chi connectivity index (χ0n) is 12.0. The zero-order chi connectivity index (χ0) is 13.7. The Kier molecular flexibility index (Phi) is 5.46. The number of halogens is 1. The van der Waals surface area contributed by atoms with Crippen LogP contribution in [0.15, 0.2) is 12.3 Å². The third kappa shape index (κ3) is 4.08. The molecule has 1 fully saturated rings. The number of aryl methyl sites for hydroxylation is 1. The van der Waals surface area contributed by atoms with Gasteiger partial charge in [0.1, 0.15) is 0 Å². The monoisotopic (exact) mass is 281 g/mol. The summed E-state index contributed by atoms with van der Waals surface area (Å²) in [5.74, 6) is 0. The third-order valence-electron chi connectivity index (χ3n) is 3.82. The van der Waals surface area contributed by atoms with Gasteiger partial charge in [0.2, 0.25) is 0 Å². The zero-order valence-corrected chi connectivity index (χ0v) is 12.7. The van der Waals surface area contributed by atoms with Crippen molar-refractivity contribution in [3.05, 3.63) is 23.0 Å². The summed E-state index contributed by atoms with van der Waals surface area (Å²) < 4.78 is 0. The van der Waals surface area contributed by atoms with E-state index in [1.807, 2.05) is 6.07 Å². The smallest absolute Gasteiger partial charge is 0.152 e. The highest BCUT2D eigenvalue weighted by molar-refractivity contribution is 6.32. The Morgan fingerprint density at radius 1 is 1.42 bits per heavy atom. The fourth-order valence-corrected chi connectivity index (χ4v) is 3.00. The summed E-state index contributed by atoms with van der Waals surface area (Å²) in [5.41, 5.74) is 2.19. The molecule has 0 bridgehead atoms. The van der Waals surface area contributed by atoms with Crippen molar-refractivity contribution < 1.29 is 0 Å². The van der Waals surface area contributed by atoms with E-state index in [0.29, 0.717) is 11.2 Å². The molecular weight excluding hydrogens is 258 g/mol. The van der Waals surface area contributed by atoms with Gasteiger partial charge in [-0.05, 0) is 57.3 Å². The Labute approximate surface area is 121 Å². The second-order valence-electron chi connectivity index (χ2n) is 5.41. The SMILES string of the molecule is CCCN1CCCC(Nc2c(C)ccnc2Cl)CC1. The van der Waals surface area contributed by atoms with Crippen LogP contribution < -0.4 is 5.32 Å². The first-order valence-corrected chi connectivity index (χ1v) is 7.68. The van der Waals surface area contributed by atoms with Gasteiger partial charge in [-0.1, -0.05) is 18.5 Å². The van der Waals surface area contributed by atoms with E-state index in [1.165, 1.54) is 50.9 Å². The van der Waals surface area contributed by atoms with Crippen LogP contribution in [0, 0.1) is 6.92 Å². The minimum absolute atomic E-state index is 0.516. The van der Waals surface area contributed by atoms with Crippen LogP contribution in [0.1, 0.15) is 38.2 Å². The molecule has 1 aliphatic rings. The van der Waals surface area contributed by atoms with Crippen LogP contribution in [0.2, 0.25) is 5.15 Å². The van der Waals surface area contributed by atoms with Gasteiger partial charge in [-0.25, -0.2) is 4.98 Å². The van der Waals surface area contributed by atoms with Crippen molar-refractivity contribution in [2.24, 2.45) is 0 Å². The van der Waals surface area contributed by atoms with Crippen LogP contribution in [-0.4, -0.2) is 35.6 Å². The fourth-order valence-electron chi connectivity index (χ4n) is 2.74. The maximum atomic E-state index is 6.18. The Balaban J connectivity index is 1.96.